The number of nitrogens with one attached hydrogen (secondary N) is 2. The van der Waals surface area contributed by atoms with Gasteiger partial charge >= 0.3 is 0 Å². The third kappa shape index (κ3) is 2.58. The summed E-state index contributed by atoms with van der Waals surface area (Å²) in [6, 6.07) is 5.67. The quantitative estimate of drug-likeness (QED) is 0.913. The largest absolute Gasteiger partial charge is 0.456 e. The molecule has 0 spiro atoms. The molecule has 0 unspecified atom stereocenters. The number of aryl methyl sites for hydroxylation is 1. The van der Waals surface area contributed by atoms with Gasteiger partial charge in [-0.2, -0.15) is 5.26 Å². The molecular formula is C15H15N3O2S. The maximum absolute atomic E-state index is 12.2. The number of carbonyl (C=O) groups is 1. The van der Waals surface area contributed by atoms with Gasteiger partial charge in [-0.1, -0.05) is 6.92 Å². The lowest BCUT2D eigenvalue weighted by atomic mass is 10.1. The summed E-state index contributed by atoms with van der Waals surface area (Å²) in [6.45, 7) is 3.59. The summed E-state index contributed by atoms with van der Waals surface area (Å²) in [5.74, 6) is 0.744. The summed E-state index contributed by atoms with van der Waals surface area (Å²) in [5, 5.41) is 16.0. The zero-order valence-corrected chi connectivity index (χ0v) is 12.5. The van der Waals surface area contributed by atoms with Crippen molar-refractivity contribution in [1.29, 1.82) is 5.26 Å². The topological polar surface area (TPSA) is 78.1 Å². The molecular weight excluding hydrogens is 286 g/mol. The van der Waals surface area contributed by atoms with E-state index in [1.54, 1.807) is 12.1 Å². The zero-order valence-electron chi connectivity index (χ0n) is 11.7. The van der Waals surface area contributed by atoms with Crippen molar-refractivity contribution in [2.75, 3.05) is 11.9 Å². The number of amides is 1. The highest BCUT2D eigenvalue weighted by Gasteiger charge is 2.22. The van der Waals surface area contributed by atoms with Crippen LogP contribution in [0.3, 0.4) is 0 Å². The monoisotopic (exact) mass is 301 g/mol. The Morgan fingerprint density at radius 2 is 2.43 bits per heavy atom. The van der Waals surface area contributed by atoms with Gasteiger partial charge in [0.05, 0.1) is 5.56 Å². The van der Waals surface area contributed by atoms with Crippen LogP contribution >= 0.6 is 11.3 Å². The summed E-state index contributed by atoms with van der Waals surface area (Å²) in [7, 11) is 0. The highest BCUT2D eigenvalue weighted by Crippen LogP contribution is 2.35. The molecule has 3 rings (SSSR count). The lowest BCUT2D eigenvalue weighted by Crippen LogP contribution is -2.22. The molecule has 1 aliphatic rings. The van der Waals surface area contributed by atoms with Gasteiger partial charge in [-0.05, 0) is 30.7 Å². The highest BCUT2D eigenvalue weighted by molar-refractivity contribution is 7.16. The molecule has 2 N–H and O–H groups in total. The van der Waals surface area contributed by atoms with E-state index in [-0.39, 0.29) is 11.7 Å². The smallest absolute Gasteiger partial charge is 0.292 e. The van der Waals surface area contributed by atoms with Crippen LogP contribution < -0.4 is 10.6 Å². The molecule has 0 aliphatic carbocycles. The molecule has 1 aliphatic heterocycles. The predicted molar refractivity (Wildman–Crippen MR) is 80.5 cm³/mol. The Morgan fingerprint density at radius 1 is 1.57 bits per heavy atom. The first kappa shape index (κ1) is 13.9. The van der Waals surface area contributed by atoms with Gasteiger partial charge < -0.3 is 15.1 Å². The molecule has 0 saturated carbocycles. The molecule has 3 heterocycles. The van der Waals surface area contributed by atoms with E-state index in [1.807, 2.05) is 6.92 Å². The minimum Gasteiger partial charge on any atom is -0.456 e. The van der Waals surface area contributed by atoms with Crippen molar-refractivity contribution in [1.82, 2.24) is 5.32 Å². The second-order valence-electron chi connectivity index (χ2n) is 4.82. The lowest BCUT2D eigenvalue weighted by molar-refractivity contribution is 0.0995. The van der Waals surface area contributed by atoms with Gasteiger partial charge in [0.25, 0.3) is 5.91 Å². The van der Waals surface area contributed by atoms with Gasteiger partial charge in [0.15, 0.2) is 5.76 Å². The number of nitriles is 1. The summed E-state index contributed by atoms with van der Waals surface area (Å²) < 4.78 is 5.44. The lowest BCUT2D eigenvalue weighted by Gasteiger charge is -2.11. The third-order valence-corrected chi connectivity index (χ3v) is 4.65. The molecule has 5 nitrogen and oxygen atoms in total. The number of furan rings is 1. The fourth-order valence-electron chi connectivity index (χ4n) is 2.40. The van der Waals surface area contributed by atoms with Crippen molar-refractivity contribution in [3.8, 4) is 6.07 Å². The summed E-state index contributed by atoms with van der Waals surface area (Å²) in [4.78, 5) is 13.3. The van der Waals surface area contributed by atoms with Crippen LogP contribution in [0, 0.1) is 11.3 Å². The van der Waals surface area contributed by atoms with E-state index in [2.05, 4.69) is 16.7 Å². The number of thiophene rings is 1. The zero-order chi connectivity index (χ0) is 14.8. The van der Waals surface area contributed by atoms with Gasteiger partial charge in [0, 0.05) is 17.8 Å². The van der Waals surface area contributed by atoms with Crippen LogP contribution in [0.15, 0.2) is 16.5 Å². The van der Waals surface area contributed by atoms with Crippen molar-refractivity contribution >= 4 is 22.2 Å². The van der Waals surface area contributed by atoms with Crippen LogP contribution in [0.2, 0.25) is 0 Å². The Hall–Kier alpha value is -2.10. The first-order valence-electron chi connectivity index (χ1n) is 6.88. The van der Waals surface area contributed by atoms with Crippen molar-refractivity contribution < 1.29 is 9.21 Å². The van der Waals surface area contributed by atoms with E-state index in [0.29, 0.717) is 10.6 Å². The fourth-order valence-corrected chi connectivity index (χ4v) is 3.56. The summed E-state index contributed by atoms with van der Waals surface area (Å²) in [5.41, 5.74) is 1.65. The van der Waals surface area contributed by atoms with Crippen LogP contribution in [0.25, 0.3) is 0 Å². The van der Waals surface area contributed by atoms with Gasteiger partial charge in [0.2, 0.25) is 0 Å². The Bertz CT molecular complexity index is 724. The normalized spacial score (nSPS) is 13.5. The van der Waals surface area contributed by atoms with Crippen LogP contribution in [0.5, 0.6) is 0 Å². The van der Waals surface area contributed by atoms with E-state index in [4.69, 9.17) is 4.42 Å². The number of carbonyl (C=O) groups excluding carboxylic acids is 1. The van der Waals surface area contributed by atoms with E-state index >= 15 is 0 Å². The average Bonchev–Trinajstić information content (AvgIpc) is 3.11. The third-order valence-electron chi connectivity index (χ3n) is 3.50. The minimum atomic E-state index is -0.308. The van der Waals surface area contributed by atoms with Crippen LogP contribution in [-0.2, 0) is 19.4 Å². The van der Waals surface area contributed by atoms with Crippen molar-refractivity contribution in [2.24, 2.45) is 0 Å². The first-order chi connectivity index (χ1) is 10.2. The van der Waals surface area contributed by atoms with Gasteiger partial charge in [-0.3, -0.25) is 4.79 Å². The highest BCUT2D eigenvalue weighted by atomic mass is 32.1. The van der Waals surface area contributed by atoms with Crippen LogP contribution in [0.1, 0.15) is 39.2 Å². The van der Waals surface area contributed by atoms with E-state index in [0.717, 1.165) is 42.1 Å². The predicted octanol–water partition coefficient (Wildman–Crippen LogP) is 2.67. The Balaban J connectivity index is 1.86. The fraction of sp³-hybridized carbons (Fsp3) is 0.333. The van der Waals surface area contributed by atoms with Crippen molar-refractivity contribution in [3.05, 3.63) is 39.7 Å². The minimum absolute atomic E-state index is 0.278. The van der Waals surface area contributed by atoms with Gasteiger partial charge in [-0.15, -0.1) is 11.3 Å². The van der Waals surface area contributed by atoms with E-state index < -0.39 is 0 Å². The van der Waals surface area contributed by atoms with E-state index in [1.165, 1.54) is 11.3 Å². The van der Waals surface area contributed by atoms with Crippen molar-refractivity contribution in [3.63, 3.8) is 0 Å². The number of hydrogen-bond donors (Lipinski definition) is 2. The van der Waals surface area contributed by atoms with E-state index in [9.17, 15) is 10.1 Å². The summed E-state index contributed by atoms with van der Waals surface area (Å²) >= 11 is 1.46. The maximum Gasteiger partial charge on any atom is 0.292 e. The SMILES string of the molecule is CCc1ccc(C(=O)Nc2sc3c(c2C#N)CCNC3)o1. The van der Waals surface area contributed by atoms with Gasteiger partial charge in [0.1, 0.15) is 16.8 Å². The van der Waals surface area contributed by atoms with Crippen LogP contribution in [0.4, 0.5) is 5.00 Å². The molecule has 0 bridgehead atoms. The molecule has 108 valence electrons. The second-order valence-corrected chi connectivity index (χ2v) is 5.93. The second kappa shape index (κ2) is 5.72. The number of nitrogens with zero attached hydrogens (tertiary/aromatic N) is 1. The molecule has 0 radical (unpaired) electrons. The molecule has 21 heavy (non-hydrogen) atoms. The molecule has 1 amide bonds. The summed E-state index contributed by atoms with van der Waals surface area (Å²) in [6.07, 6.45) is 1.57. The van der Waals surface area contributed by atoms with Crippen LogP contribution in [-0.4, -0.2) is 12.5 Å². The molecule has 0 fully saturated rings. The number of rotatable bonds is 3. The molecule has 2 aromatic heterocycles. The van der Waals surface area contributed by atoms with Crippen molar-refractivity contribution in [2.45, 2.75) is 26.3 Å². The maximum atomic E-state index is 12.2. The number of hydrogen-bond acceptors (Lipinski definition) is 5. The Labute approximate surface area is 126 Å². The Morgan fingerprint density at radius 3 is 3.14 bits per heavy atom. The molecule has 0 aromatic carbocycles. The van der Waals surface area contributed by atoms with Gasteiger partial charge in [-0.25, -0.2) is 0 Å². The molecule has 6 heteroatoms. The number of anilines is 1. The Kier molecular flexibility index (Phi) is 3.78. The molecule has 0 atom stereocenters. The first-order valence-corrected chi connectivity index (χ1v) is 7.70. The average molecular weight is 301 g/mol. The molecule has 0 saturated heterocycles. The number of fused-ring (bicyclic) bond motifs is 1. The molecule has 2 aromatic rings. The standard InChI is InChI=1S/C15H15N3O2S/c1-2-9-3-4-12(20-9)14(19)18-15-11(7-16)10-5-6-17-8-13(10)21-15/h3-4,17H,2,5-6,8H2,1H3,(H,18,19).